The Hall–Kier alpha value is -2.34. The fraction of sp³-hybridized carbons (Fsp3) is 0.278. The Balaban J connectivity index is 1.58. The van der Waals surface area contributed by atoms with Crippen molar-refractivity contribution in [2.75, 3.05) is 23.3 Å². The molecule has 3 rings (SSSR count). The van der Waals surface area contributed by atoms with Crippen LogP contribution in [0.2, 0.25) is 5.02 Å². The minimum atomic E-state index is -0.872. The van der Waals surface area contributed by atoms with Crippen molar-refractivity contribution in [2.45, 2.75) is 19.4 Å². The van der Waals surface area contributed by atoms with E-state index in [1.807, 2.05) is 11.8 Å². The first kappa shape index (κ1) is 17.5. The maximum absolute atomic E-state index is 13.4. The van der Waals surface area contributed by atoms with Gasteiger partial charge in [0.1, 0.15) is 0 Å². The van der Waals surface area contributed by atoms with Gasteiger partial charge < -0.3 is 15.5 Å². The first-order valence-corrected chi connectivity index (χ1v) is 8.34. The van der Waals surface area contributed by atoms with E-state index in [4.69, 9.17) is 11.6 Å². The first-order valence-electron chi connectivity index (χ1n) is 7.96. The molecule has 1 aliphatic heterocycles. The third kappa shape index (κ3) is 4.02. The van der Waals surface area contributed by atoms with Crippen molar-refractivity contribution in [3.8, 4) is 0 Å². The summed E-state index contributed by atoms with van der Waals surface area (Å²) in [5.41, 5.74) is 2.06. The van der Waals surface area contributed by atoms with Gasteiger partial charge >= 0.3 is 6.03 Å². The first-order chi connectivity index (χ1) is 11.9. The lowest BCUT2D eigenvalue weighted by Gasteiger charge is -2.19. The largest absolute Gasteiger partial charge is 0.369 e. The number of hydrogen-bond acceptors (Lipinski definition) is 2. The van der Waals surface area contributed by atoms with Crippen molar-refractivity contribution in [1.82, 2.24) is 5.32 Å². The van der Waals surface area contributed by atoms with Crippen molar-refractivity contribution in [1.29, 1.82) is 0 Å². The minimum Gasteiger partial charge on any atom is -0.369 e. The summed E-state index contributed by atoms with van der Waals surface area (Å²) < 4.78 is 26.4. The third-order valence-corrected chi connectivity index (χ3v) is 4.72. The summed E-state index contributed by atoms with van der Waals surface area (Å²) in [7, 11) is 0. The number of hydrogen-bond donors (Lipinski definition) is 2. The molecule has 25 heavy (non-hydrogen) atoms. The van der Waals surface area contributed by atoms with Gasteiger partial charge in [0, 0.05) is 41.6 Å². The number of carbonyl (C=O) groups is 1. The Morgan fingerprint density at radius 1 is 1.24 bits per heavy atom. The lowest BCUT2D eigenvalue weighted by molar-refractivity contribution is 0.249. The topological polar surface area (TPSA) is 44.4 Å². The average molecular weight is 366 g/mol. The molecule has 1 aliphatic rings. The Morgan fingerprint density at radius 2 is 2.04 bits per heavy atom. The summed E-state index contributed by atoms with van der Waals surface area (Å²) in [6, 6.07) is 8.74. The van der Waals surface area contributed by atoms with Crippen LogP contribution in [-0.4, -0.2) is 25.2 Å². The lowest BCUT2D eigenvalue weighted by Crippen LogP contribution is -2.39. The van der Waals surface area contributed by atoms with E-state index in [1.54, 1.807) is 18.2 Å². The Bertz CT molecular complexity index is 800. The van der Waals surface area contributed by atoms with Crippen molar-refractivity contribution < 1.29 is 13.6 Å². The second-order valence-electron chi connectivity index (χ2n) is 6.04. The molecule has 0 saturated carbocycles. The normalized spacial score (nSPS) is 16.8. The Kier molecular flexibility index (Phi) is 5.08. The molecule has 1 heterocycles. The van der Waals surface area contributed by atoms with Crippen molar-refractivity contribution in [3.63, 3.8) is 0 Å². The molecule has 7 heteroatoms. The van der Waals surface area contributed by atoms with E-state index in [0.717, 1.165) is 18.1 Å². The van der Waals surface area contributed by atoms with Crippen LogP contribution < -0.4 is 15.5 Å². The van der Waals surface area contributed by atoms with Crippen molar-refractivity contribution in [2.24, 2.45) is 0 Å². The molecule has 0 aliphatic carbocycles. The predicted molar refractivity (Wildman–Crippen MR) is 95.3 cm³/mol. The van der Waals surface area contributed by atoms with Crippen LogP contribution in [0.3, 0.4) is 0 Å². The predicted octanol–water partition coefficient (Wildman–Crippen LogP) is 4.33. The summed E-state index contributed by atoms with van der Waals surface area (Å²) in [6.45, 7) is 3.03. The number of urea groups is 1. The summed E-state index contributed by atoms with van der Waals surface area (Å²) in [6.07, 6.45) is 0.723. The molecule has 0 spiro atoms. The van der Waals surface area contributed by atoms with Crippen molar-refractivity contribution in [3.05, 3.63) is 58.6 Å². The number of halogens is 3. The van der Waals surface area contributed by atoms with E-state index in [2.05, 4.69) is 10.6 Å². The van der Waals surface area contributed by atoms with Crippen LogP contribution in [0.15, 0.2) is 36.4 Å². The van der Waals surface area contributed by atoms with E-state index < -0.39 is 11.6 Å². The van der Waals surface area contributed by atoms with Gasteiger partial charge in [0.05, 0.1) is 0 Å². The summed E-state index contributed by atoms with van der Waals surface area (Å²) in [4.78, 5) is 14.1. The van der Waals surface area contributed by atoms with Crippen LogP contribution >= 0.6 is 11.6 Å². The highest BCUT2D eigenvalue weighted by Gasteiger charge is 2.25. The monoisotopic (exact) mass is 365 g/mol. The maximum atomic E-state index is 13.4. The van der Waals surface area contributed by atoms with Gasteiger partial charge in [0.2, 0.25) is 0 Å². The maximum Gasteiger partial charge on any atom is 0.319 e. The fourth-order valence-electron chi connectivity index (χ4n) is 2.88. The van der Waals surface area contributed by atoms with Gasteiger partial charge in [-0.15, -0.1) is 0 Å². The molecule has 0 radical (unpaired) electrons. The fourth-order valence-corrected chi connectivity index (χ4v) is 3.06. The molecule has 1 atom stereocenters. The van der Waals surface area contributed by atoms with Crippen LogP contribution in [0.4, 0.5) is 25.0 Å². The molecule has 2 aromatic carbocycles. The van der Waals surface area contributed by atoms with Crippen LogP contribution in [0.1, 0.15) is 12.0 Å². The van der Waals surface area contributed by atoms with Crippen LogP contribution in [0.5, 0.6) is 0 Å². The second kappa shape index (κ2) is 7.27. The summed E-state index contributed by atoms with van der Waals surface area (Å²) >= 11 is 6.04. The van der Waals surface area contributed by atoms with E-state index >= 15 is 0 Å². The standard InChI is InChI=1S/C18H18ClF2N3O/c1-11-14(19)3-2-4-17(11)23-18(25)22-12-7-8-24(10-12)13-5-6-15(20)16(21)9-13/h2-6,9,12H,7-8,10H2,1H3,(H2,22,23,25)/t12-/m1/s1. The highest BCUT2D eigenvalue weighted by Crippen LogP contribution is 2.24. The third-order valence-electron chi connectivity index (χ3n) is 4.31. The second-order valence-corrected chi connectivity index (χ2v) is 6.45. The van der Waals surface area contributed by atoms with E-state index in [0.29, 0.717) is 29.5 Å². The number of nitrogens with zero attached hydrogens (tertiary/aromatic N) is 1. The lowest BCUT2D eigenvalue weighted by atomic mass is 10.2. The molecule has 2 amide bonds. The van der Waals surface area contributed by atoms with Crippen molar-refractivity contribution >= 4 is 29.0 Å². The molecular weight excluding hydrogens is 348 g/mol. The van der Waals surface area contributed by atoms with Crippen LogP contribution in [-0.2, 0) is 0 Å². The number of nitrogens with one attached hydrogen (secondary N) is 2. The smallest absolute Gasteiger partial charge is 0.319 e. The zero-order valence-electron chi connectivity index (χ0n) is 13.7. The van der Waals surface area contributed by atoms with Gasteiger partial charge in [-0.1, -0.05) is 17.7 Å². The number of rotatable bonds is 3. The zero-order chi connectivity index (χ0) is 18.0. The SMILES string of the molecule is Cc1c(Cl)cccc1NC(=O)N[C@@H]1CCN(c2ccc(F)c(F)c2)C1. The molecule has 0 aromatic heterocycles. The van der Waals surface area contributed by atoms with Gasteiger partial charge in [-0.05, 0) is 43.2 Å². The van der Waals surface area contributed by atoms with E-state index in [1.165, 1.54) is 12.1 Å². The van der Waals surface area contributed by atoms with Gasteiger partial charge in [0.25, 0.3) is 0 Å². The highest BCUT2D eigenvalue weighted by atomic mass is 35.5. The Labute approximate surface area is 149 Å². The molecule has 2 N–H and O–H groups in total. The molecule has 0 unspecified atom stereocenters. The number of anilines is 2. The van der Waals surface area contributed by atoms with Gasteiger partial charge in [-0.2, -0.15) is 0 Å². The van der Waals surface area contributed by atoms with Gasteiger partial charge in [0.15, 0.2) is 11.6 Å². The van der Waals surface area contributed by atoms with Gasteiger partial charge in [-0.3, -0.25) is 0 Å². The summed E-state index contributed by atoms with van der Waals surface area (Å²) in [5.74, 6) is -1.74. The van der Waals surface area contributed by atoms with E-state index in [-0.39, 0.29) is 12.1 Å². The molecule has 2 aromatic rings. The van der Waals surface area contributed by atoms with Crippen LogP contribution in [0.25, 0.3) is 0 Å². The van der Waals surface area contributed by atoms with Gasteiger partial charge in [-0.25, -0.2) is 13.6 Å². The Morgan fingerprint density at radius 3 is 2.80 bits per heavy atom. The summed E-state index contributed by atoms with van der Waals surface area (Å²) in [5, 5.41) is 6.27. The van der Waals surface area contributed by atoms with Crippen LogP contribution in [0, 0.1) is 18.6 Å². The number of amides is 2. The minimum absolute atomic E-state index is 0.0763. The quantitative estimate of drug-likeness (QED) is 0.850. The molecular formula is C18H18ClF2N3O. The molecule has 132 valence electrons. The molecule has 4 nitrogen and oxygen atoms in total. The zero-order valence-corrected chi connectivity index (χ0v) is 14.4. The van der Waals surface area contributed by atoms with E-state index in [9.17, 15) is 13.6 Å². The number of carbonyl (C=O) groups excluding carboxylic acids is 1. The molecule has 1 fully saturated rings. The average Bonchev–Trinajstić information content (AvgIpc) is 3.03. The molecule has 1 saturated heterocycles. The number of benzene rings is 2. The molecule has 0 bridgehead atoms. The highest BCUT2D eigenvalue weighted by molar-refractivity contribution is 6.31.